The molecule has 0 spiro atoms. The van der Waals surface area contributed by atoms with E-state index in [4.69, 9.17) is 4.55 Å². The normalized spacial score (nSPS) is 14.7. The van der Waals surface area contributed by atoms with Gasteiger partial charge >= 0.3 is 25.8 Å². The van der Waals surface area contributed by atoms with Gasteiger partial charge in [-0.05, 0) is 0 Å². The maximum atomic E-state index is 11.3. The largest absolute Gasteiger partial charge is 0.512 e. The van der Waals surface area contributed by atoms with E-state index in [-0.39, 0.29) is 4.13 Å². The Labute approximate surface area is 65.3 Å². The summed E-state index contributed by atoms with van der Waals surface area (Å²) in [6, 6.07) is 0. The zero-order valence-corrected chi connectivity index (χ0v) is 6.66. The van der Waals surface area contributed by atoms with E-state index in [1.807, 2.05) is 0 Å². The van der Waals surface area contributed by atoms with E-state index in [0.29, 0.717) is 0 Å². The summed E-state index contributed by atoms with van der Waals surface area (Å²) in [5.74, 6) is 0. The van der Waals surface area contributed by atoms with Crippen LogP contribution in [-0.4, -0.2) is 26.9 Å². The molecule has 0 aromatic rings. The number of sulfonamides is 1. The fraction of sp³-hybridized carbons (Fsp3) is 1.00. The second-order valence-corrected chi connectivity index (χ2v) is 4.59. The molecule has 0 fully saturated rings. The maximum Gasteiger partial charge on any atom is 0.512 e. The topological polar surface area (TPSA) is 101 Å². The first-order valence-electron chi connectivity index (χ1n) is 2.03. The minimum atomic E-state index is -6.04. The third-order valence-corrected chi connectivity index (χ3v) is 2.85. The van der Waals surface area contributed by atoms with Crippen LogP contribution < -0.4 is 4.13 Å². The molecule has 0 radical (unpaired) electrons. The van der Waals surface area contributed by atoms with Gasteiger partial charge < -0.3 is 0 Å². The first-order valence-corrected chi connectivity index (χ1v) is 4.95. The molecule has 0 aliphatic carbocycles. The van der Waals surface area contributed by atoms with Crippen LogP contribution in [0.5, 0.6) is 0 Å². The van der Waals surface area contributed by atoms with E-state index in [0.717, 1.165) is 0 Å². The van der Waals surface area contributed by atoms with Gasteiger partial charge in [0.2, 0.25) is 0 Å². The molecule has 0 aliphatic heterocycles. The molecule has 11 heteroatoms. The first kappa shape index (κ1) is 11.6. The van der Waals surface area contributed by atoms with Gasteiger partial charge in [-0.2, -0.15) is 21.6 Å². The maximum absolute atomic E-state index is 11.3. The molecule has 0 bridgehead atoms. The zero-order chi connectivity index (χ0) is 10.2. The van der Waals surface area contributed by atoms with Crippen molar-refractivity contribution in [2.24, 2.45) is 0 Å². The number of rotatable bonds is 2. The minimum Gasteiger partial charge on any atom is -0.273 e. The van der Waals surface area contributed by atoms with Gasteiger partial charge in [-0.15, -0.1) is 0 Å². The van der Waals surface area contributed by atoms with Crippen LogP contribution in [0.25, 0.3) is 0 Å². The summed E-state index contributed by atoms with van der Waals surface area (Å²) >= 11 is 0. The van der Waals surface area contributed by atoms with Crippen LogP contribution in [0.3, 0.4) is 0 Å². The molecule has 74 valence electrons. The highest BCUT2D eigenvalue weighted by Gasteiger charge is 2.48. The number of alkyl halides is 3. The third-order valence-electron chi connectivity index (χ3n) is 0.520. The quantitative estimate of drug-likeness (QED) is 0.605. The van der Waals surface area contributed by atoms with Gasteiger partial charge in [0, 0.05) is 0 Å². The molecule has 0 aliphatic rings. The fourth-order valence-corrected chi connectivity index (χ4v) is 1.67. The van der Waals surface area contributed by atoms with Gasteiger partial charge in [-0.25, -0.2) is 8.42 Å². The van der Waals surface area contributed by atoms with Crippen molar-refractivity contribution < 1.29 is 34.6 Å². The van der Waals surface area contributed by atoms with Crippen molar-refractivity contribution in [1.29, 1.82) is 0 Å². The molecule has 0 atom stereocenters. The van der Waals surface area contributed by atoms with Crippen LogP contribution in [-0.2, 0) is 20.3 Å². The van der Waals surface area contributed by atoms with E-state index >= 15 is 0 Å². The third kappa shape index (κ3) is 3.34. The van der Waals surface area contributed by atoms with Gasteiger partial charge in [0.05, 0.1) is 0 Å². The summed E-state index contributed by atoms with van der Waals surface area (Å²) in [6.45, 7) is 0. The van der Waals surface area contributed by atoms with Gasteiger partial charge in [-0.1, -0.05) is 4.13 Å². The molecule has 0 saturated heterocycles. The van der Waals surface area contributed by atoms with Crippen molar-refractivity contribution in [3.63, 3.8) is 0 Å². The average Bonchev–Trinajstić information content (AvgIpc) is 1.52. The highest BCUT2D eigenvalue weighted by molar-refractivity contribution is 8.02. The van der Waals surface area contributed by atoms with Crippen LogP contribution >= 0.6 is 0 Å². The van der Waals surface area contributed by atoms with E-state index in [9.17, 15) is 30.0 Å². The van der Waals surface area contributed by atoms with Crippen LogP contribution in [0.1, 0.15) is 0 Å². The van der Waals surface area contributed by atoms with Crippen molar-refractivity contribution in [2.75, 3.05) is 0 Å². The van der Waals surface area contributed by atoms with Crippen LogP contribution in [0.15, 0.2) is 0 Å². The van der Waals surface area contributed by atoms with Gasteiger partial charge in [0.15, 0.2) is 0 Å². The minimum absolute atomic E-state index is 0.0104. The van der Waals surface area contributed by atoms with Gasteiger partial charge in [-0.3, -0.25) is 4.55 Å². The zero-order valence-electron chi connectivity index (χ0n) is 5.03. The van der Waals surface area contributed by atoms with Crippen LogP contribution in [0.2, 0.25) is 0 Å². The lowest BCUT2D eigenvalue weighted by molar-refractivity contribution is -0.0442. The van der Waals surface area contributed by atoms with E-state index in [2.05, 4.69) is 0 Å². The molecule has 0 unspecified atom stereocenters. The van der Waals surface area contributed by atoms with Crippen molar-refractivity contribution in [3.8, 4) is 0 Å². The Bertz CT molecular complexity index is 349. The standard InChI is InChI=1S/CH2F3NO5S2/c2-1(3,4)11(6,7)5-12(8,9)10/h5H,(H,8,9,10). The Morgan fingerprint density at radius 1 is 1.08 bits per heavy atom. The Balaban J connectivity index is 4.96. The Morgan fingerprint density at radius 2 is 1.42 bits per heavy atom. The average molecular weight is 229 g/mol. The number of nitrogens with one attached hydrogen (secondary N) is 1. The van der Waals surface area contributed by atoms with Crippen LogP contribution in [0.4, 0.5) is 13.2 Å². The fourth-order valence-electron chi connectivity index (χ4n) is 0.186. The summed E-state index contributed by atoms with van der Waals surface area (Å²) < 4.78 is 80.8. The van der Waals surface area contributed by atoms with Gasteiger partial charge in [0.1, 0.15) is 0 Å². The van der Waals surface area contributed by atoms with Crippen molar-refractivity contribution in [3.05, 3.63) is 0 Å². The molecule has 0 aromatic heterocycles. The lowest BCUT2D eigenvalue weighted by Gasteiger charge is -2.05. The number of halogens is 3. The SMILES string of the molecule is O=S(=O)(O)NS(=O)(=O)C(F)(F)F. The van der Waals surface area contributed by atoms with E-state index in [1.54, 1.807) is 0 Å². The molecule has 2 N–H and O–H groups in total. The molecule has 0 saturated carbocycles. The second kappa shape index (κ2) is 2.83. The summed E-state index contributed by atoms with van der Waals surface area (Å²) in [5.41, 5.74) is -5.78. The lowest BCUT2D eigenvalue weighted by Crippen LogP contribution is -2.39. The summed E-state index contributed by atoms with van der Waals surface area (Å²) in [4.78, 5) is 0. The molecule has 6 nitrogen and oxygen atoms in total. The summed E-state index contributed by atoms with van der Waals surface area (Å²) in [7, 11) is -11.5. The number of hydrogen-bond donors (Lipinski definition) is 2. The first-order chi connectivity index (χ1) is 4.96. The van der Waals surface area contributed by atoms with Gasteiger partial charge in [0.25, 0.3) is 0 Å². The monoisotopic (exact) mass is 229 g/mol. The van der Waals surface area contributed by atoms with E-state index in [1.165, 1.54) is 0 Å². The summed E-state index contributed by atoms with van der Waals surface area (Å²) in [5, 5.41) is 0. The molecule has 0 amide bonds. The van der Waals surface area contributed by atoms with Crippen LogP contribution in [0, 0.1) is 0 Å². The number of hydrogen-bond acceptors (Lipinski definition) is 4. The predicted molar refractivity (Wildman–Crippen MR) is 29.7 cm³/mol. The highest BCUT2D eigenvalue weighted by atomic mass is 32.3. The Morgan fingerprint density at radius 3 is 1.50 bits per heavy atom. The molecule has 0 heterocycles. The van der Waals surface area contributed by atoms with Crippen molar-refractivity contribution in [2.45, 2.75) is 5.51 Å². The smallest absolute Gasteiger partial charge is 0.273 e. The second-order valence-electron chi connectivity index (χ2n) is 1.51. The predicted octanol–water partition coefficient (Wildman–Crippen LogP) is -0.772. The van der Waals surface area contributed by atoms with E-state index < -0.39 is 25.8 Å². The lowest BCUT2D eigenvalue weighted by atomic mass is 11.6. The summed E-state index contributed by atoms with van der Waals surface area (Å²) in [6.07, 6.45) is 0. The van der Waals surface area contributed by atoms with Crippen molar-refractivity contribution in [1.82, 2.24) is 4.13 Å². The molecular formula is CH2F3NO5S2. The Kier molecular flexibility index (Phi) is 2.74. The van der Waals surface area contributed by atoms with Crippen molar-refractivity contribution >= 4 is 20.3 Å². The Hall–Kier alpha value is -0.390. The molecule has 0 aromatic carbocycles. The highest BCUT2D eigenvalue weighted by Crippen LogP contribution is 2.21. The molecule has 12 heavy (non-hydrogen) atoms. The molecular weight excluding hydrogens is 227 g/mol. The molecule has 0 rings (SSSR count).